The van der Waals surface area contributed by atoms with Crippen LogP contribution in [0.1, 0.15) is 45.5 Å². The predicted molar refractivity (Wildman–Crippen MR) is 107 cm³/mol. The van der Waals surface area contributed by atoms with E-state index in [1.165, 1.54) is 0 Å². The van der Waals surface area contributed by atoms with Crippen LogP contribution in [-0.2, 0) is 6.42 Å². The van der Waals surface area contributed by atoms with E-state index < -0.39 is 0 Å². The molecule has 144 valence electrons. The molecule has 1 unspecified atom stereocenters. The number of amides is 1. The maximum atomic E-state index is 13.0. The van der Waals surface area contributed by atoms with Crippen molar-refractivity contribution < 1.29 is 4.79 Å². The third kappa shape index (κ3) is 3.60. The van der Waals surface area contributed by atoms with Crippen molar-refractivity contribution >= 4 is 11.7 Å². The topological polar surface area (TPSA) is 86.8 Å². The molecule has 1 amide bonds. The van der Waals surface area contributed by atoms with Gasteiger partial charge in [-0.1, -0.05) is 30.3 Å². The summed E-state index contributed by atoms with van der Waals surface area (Å²) in [5, 5.41) is 10.1. The summed E-state index contributed by atoms with van der Waals surface area (Å²) < 4.78 is 0. The maximum absolute atomic E-state index is 13.0. The number of carbonyl (C=O) groups is 1. The lowest BCUT2D eigenvalue weighted by Gasteiger charge is -2.41. The Bertz CT molecular complexity index is 955. The molecule has 28 heavy (non-hydrogen) atoms. The summed E-state index contributed by atoms with van der Waals surface area (Å²) in [7, 11) is 0. The van der Waals surface area contributed by atoms with Gasteiger partial charge in [-0.25, -0.2) is 9.97 Å². The lowest BCUT2D eigenvalue weighted by Crippen LogP contribution is -2.45. The van der Waals surface area contributed by atoms with Crippen molar-refractivity contribution in [2.75, 3.05) is 18.4 Å². The first-order chi connectivity index (χ1) is 13.6. The summed E-state index contributed by atoms with van der Waals surface area (Å²) in [4.78, 5) is 23.9. The monoisotopic (exact) mass is 376 g/mol. The van der Waals surface area contributed by atoms with Gasteiger partial charge >= 0.3 is 0 Å². The maximum Gasteiger partial charge on any atom is 0.292 e. The smallest absolute Gasteiger partial charge is 0.292 e. The number of anilines is 1. The van der Waals surface area contributed by atoms with Crippen LogP contribution < -0.4 is 5.32 Å². The second-order valence-electron chi connectivity index (χ2n) is 7.10. The summed E-state index contributed by atoms with van der Waals surface area (Å²) in [6.07, 6.45) is 5.48. The number of rotatable bonds is 6. The van der Waals surface area contributed by atoms with Crippen LogP contribution in [0.25, 0.3) is 0 Å². The van der Waals surface area contributed by atoms with E-state index >= 15 is 0 Å². The molecule has 4 rings (SSSR count). The molecule has 1 atom stereocenters. The van der Waals surface area contributed by atoms with E-state index in [2.05, 4.69) is 37.6 Å². The summed E-state index contributed by atoms with van der Waals surface area (Å²) in [5.74, 6) is 0.867. The summed E-state index contributed by atoms with van der Waals surface area (Å²) >= 11 is 0. The summed E-state index contributed by atoms with van der Waals surface area (Å²) in [6.45, 7) is 5.33. The van der Waals surface area contributed by atoms with E-state index in [4.69, 9.17) is 0 Å². The number of benzene rings is 1. The van der Waals surface area contributed by atoms with Gasteiger partial charge in [0.05, 0.1) is 12.2 Å². The Kier molecular flexibility index (Phi) is 5.06. The zero-order valence-corrected chi connectivity index (χ0v) is 16.1. The third-order valence-corrected chi connectivity index (χ3v) is 5.31. The van der Waals surface area contributed by atoms with Crippen LogP contribution >= 0.6 is 0 Å². The molecule has 1 aromatic carbocycles. The minimum atomic E-state index is -0.110. The fourth-order valence-corrected chi connectivity index (χ4v) is 3.42. The number of likely N-dealkylation sites (tertiary alicyclic amines) is 1. The highest BCUT2D eigenvalue weighted by atomic mass is 16.2. The van der Waals surface area contributed by atoms with E-state index in [-0.39, 0.29) is 17.8 Å². The van der Waals surface area contributed by atoms with Crippen molar-refractivity contribution in [2.24, 2.45) is 0 Å². The normalized spacial score (nSPS) is 15.9. The first-order valence-corrected chi connectivity index (χ1v) is 9.56. The summed E-state index contributed by atoms with van der Waals surface area (Å²) in [6, 6.07) is 10.2. The van der Waals surface area contributed by atoms with Gasteiger partial charge in [-0.2, -0.15) is 5.10 Å². The van der Waals surface area contributed by atoms with Crippen LogP contribution in [0.3, 0.4) is 0 Å². The predicted octanol–water partition coefficient (Wildman–Crippen LogP) is 3.06. The second kappa shape index (κ2) is 7.80. The van der Waals surface area contributed by atoms with Crippen LogP contribution in [0.15, 0.2) is 42.7 Å². The van der Waals surface area contributed by atoms with Crippen molar-refractivity contribution in [3.8, 4) is 0 Å². The quantitative estimate of drug-likeness (QED) is 0.690. The SMILES string of the molecule is Cc1nc(C(=O)N2CCC2c2ccccc2)nc(NCCc2cn[nH]c2)c1C. The molecule has 7 nitrogen and oxygen atoms in total. The van der Waals surface area contributed by atoms with Gasteiger partial charge in [-0.15, -0.1) is 0 Å². The first-order valence-electron chi connectivity index (χ1n) is 9.56. The summed E-state index contributed by atoms with van der Waals surface area (Å²) in [5.41, 5.74) is 4.07. The lowest BCUT2D eigenvalue weighted by atomic mass is 9.94. The minimum absolute atomic E-state index is 0.108. The van der Waals surface area contributed by atoms with Crippen molar-refractivity contribution in [3.05, 3.63) is 70.9 Å². The van der Waals surface area contributed by atoms with Crippen molar-refractivity contribution in [2.45, 2.75) is 32.7 Å². The third-order valence-electron chi connectivity index (χ3n) is 5.31. The molecule has 1 aliphatic rings. The minimum Gasteiger partial charge on any atom is -0.369 e. The van der Waals surface area contributed by atoms with E-state index in [0.717, 1.165) is 47.6 Å². The number of hydrogen-bond acceptors (Lipinski definition) is 5. The molecule has 0 spiro atoms. The fourth-order valence-electron chi connectivity index (χ4n) is 3.42. The molecule has 0 saturated carbocycles. The Hall–Kier alpha value is -3.22. The van der Waals surface area contributed by atoms with Crippen LogP contribution in [0.4, 0.5) is 5.82 Å². The molecule has 1 fully saturated rings. The van der Waals surface area contributed by atoms with Gasteiger partial charge in [0, 0.05) is 30.5 Å². The van der Waals surface area contributed by atoms with E-state index in [0.29, 0.717) is 6.54 Å². The molecule has 1 saturated heterocycles. The average Bonchev–Trinajstić information content (AvgIpc) is 3.18. The fraction of sp³-hybridized carbons (Fsp3) is 0.333. The standard InChI is InChI=1S/C21H24N6O/c1-14-15(2)25-20(26-19(14)22-10-8-16-12-23-24-13-16)21(28)27-11-9-18(27)17-6-4-3-5-7-17/h3-7,12-13,18H,8-11H2,1-2H3,(H,23,24)(H,22,25,26). The van der Waals surface area contributed by atoms with Gasteiger partial charge in [0.2, 0.25) is 5.82 Å². The number of aromatic nitrogens is 4. The van der Waals surface area contributed by atoms with Crippen LogP contribution in [0.5, 0.6) is 0 Å². The van der Waals surface area contributed by atoms with Gasteiger partial charge in [0.25, 0.3) is 5.91 Å². The zero-order chi connectivity index (χ0) is 19.5. The van der Waals surface area contributed by atoms with Gasteiger partial charge in [-0.3, -0.25) is 9.89 Å². The van der Waals surface area contributed by atoms with Gasteiger partial charge in [0.15, 0.2) is 0 Å². The van der Waals surface area contributed by atoms with Gasteiger partial charge in [-0.05, 0) is 37.8 Å². The van der Waals surface area contributed by atoms with Crippen molar-refractivity contribution in [1.29, 1.82) is 0 Å². The Morgan fingerprint density at radius 1 is 1.25 bits per heavy atom. The molecule has 0 bridgehead atoms. The first kappa shape index (κ1) is 18.2. The van der Waals surface area contributed by atoms with Crippen LogP contribution in [0, 0.1) is 13.8 Å². The Balaban J connectivity index is 1.49. The number of carbonyl (C=O) groups excluding carboxylic acids is 1. The molecule has 0 aliphatic carbocycles. The number of hydrogen-bond donors (Lipinski definition) is 2. The number of aromatic amines is 1. The molecular formula is C21H24N6O. The highest BCUT2D eigenvalue weighted by Gasteiger charge is 2.35. The molecule has 7 heteroatoms. The number of aryl methyl sites for hydroxylation is 1. The number of nitrogens with zero attached hydrogens (tertiary/aromatic N) is 4. The van der Waals surface area contributed by atoms with Crippen LogP contribution in [0.2, 0.25) is 0 Å². The molecule has 2 N–H and O–H groups in total. The average molecular weight is 376 g/mol. The molecule has 1 aliphatic heterocycles. The number of nitrogens with one attached hydrogen (secondary N) is 2. The Labute approximate surface area is 164 Å². The molecule has 3 heterocycles. The Morgan fingerprint density at radius 3 is 2.75 bits per heavy atom. The highest BCUT2D eigenvalue weighted by Crippen LogP contribution is 2.34. The zero-order valence-electron chi connectivity index (χ0n) is 16.1. The molecule has 2 aromatic heterocycles. The molecule has 3 aromatic rings. The highest BCUT2D eigenvalue weighted by molar-refractivity contribution is 5.92. The Morgan fingerprint density at radius 2 is 2.07 bits per heavy atom. The second-order valence-corrected chi connectivity index (χ2v) is 7.10. The van der Waals surface area contributed by atoms with E-state index in [9.17, 15) is 4.79 Å². The molecular weight excluding hydrogens is 352 g/mol. The van der Waals surface area contributed by atoms with Crippen LogP contribution in [-0.4, -0.2) is 44.1 Å². The van der Waals surface area contributed by atoms with Crippen molar-refractivity contribution in [1.82, 2.24) is 25.1 Å². The van der Waals surface area contributed by atoms with Crippen molar-refractivity contribution in [3.63, 3.8) is 0 Å². The van der Waals surface area contributed by atoms with E-state index in [1.54, 1.807) is 0 Å². The van der Waals surface area contributed by atoms with Gasteiger partial charge < -0.3 is 10.2 Å². The van der Waals surface area contributed by atoms with Gasteiger partial charge in [0.1, 0.15) is 5.82 Å². The lowest BCUT2D eigenvalue weighted by molar-refractivity contribution is 0.0447. The van der Waals surface area contributed by atoms with E-state index in [1.807, 2.05) is 49.3 Å². The number of H-pyrrole nitrogens is 1. The molecule has 0 radical (unpaired) electrons. The largest absolute Gasteiger partial charge is 0.369 e.